The van der Waals surface area contributed by atoms with E-state index in [4.69, 9.17) is 9.84 Å². The Morgan fingerprint density at radius 2 is 1.91 bits per heavy atom. The van der Waals surface area contributed by atoms with Crippen LogP contribution in [-0.4, -0.2) is 23.8 Å². The summed E-state index contributed by atoms with van der Waals surface area (Å²) in [5.41, 5.74) is 0. The van der Waals surface area contributed by atoms with Gasteiger partial charge in [-0.25, -0.2) is 0 Å². The van der Waals surface area contributed by atoms with Gasteiger partial charge in [0.25, 0.3) is 0 Å². The highest BCUT2D eigenvalue weighted by molar-refractivity contribution is 5.66. The van der Waals surface area contributed by atoms with Crippen molar-refractivity contribution < 1.29 is 14.6 Å². The van der Waals surface area contributed by atoms with Gasteiger partial charge in [0.1, 0.15) is 0 Å². The van der Waals surface area contributed by atoms with Gasteiger partial charge < -0.3 is 9.84 Å². The number of rotatable bonds is 7. The first kappa shape index (κ1) is 19.7. The third-order valence-electron chi connectivity index (χ3n) is 3.96. The van der Waals surface area contributed by atoms with Crippen LogP contribution in [0.3, 0.4) is 0 Å². The lowest BCUT2D eigenvalue weighted by Gasteiger charge is -2.15. The first-order valence-electron chi connectivity index (χ1n) is 9.07. The van der Waals surface area contributed by atoms with Gasteiger partial charge in [0.05, 0.1) is 6.10 Å². The summed E-state index contributed by atoms with van der Waals surface area (Å²) >= 11 is 0. The van der Waals surface area contributed by atoms with Crippen molar-refractivity contribution in [3.63, 3.8) is 0 Å². The van der Waals surface area contributed by atoms with Crippen LogP contribution in [0.4, 0.5) is 0 Å². The molecule has 1 aliphatic heterocycles. The van der Waals surface area contributed by atoms with Crippen molar-refractivity contribution in [3.8, 4) is 0 Å². The molecule has 23 heavy (non-hydrogen) atoms. The molecule has 0 aromatic heterocycles. The van der Waals surface area contributed by atoms with Crippen molar-refractivity contribution in [1.82, 2.24) is 0 Å². The van der Waals surface area contributed by atoms with E-state index in [9.17, 15) is 4.79 Å². The van der Waals surface area contributed by atoms with Gasteiger partial charge in [-0.1, -0.05) is 36.5 Å². The topological polar surface area (TPSA) is 46.5 Å². The van der Waals surface area contributed by atoms with E-state index in [0.29, 0.717) is 6.10 Å². The summed E-state index contributed by atoms with van der Waals surface area (Å²) in [6.07, 6.45) is 24.3. The Kier molecular flexibility index (Phi) is 12.2. The number of hydrogen-bond acceptors (Lipinski definition) is 2. The van der Waals surface area contributed by atoms with Gasteiger partial charge in [-0.05, 0) is 64.2 Å². The zero-order chi connectivity index (χ0) is 16.6. The molecule has 0 saturated carbocycles. The van der Waals surface area contributed by atoms with Gasteiger partial charge >= 0.3 is 5.97 Å². The molecule has 3 nitrogen and oxygen atoms in total. The Labute approximate surface area is 141 Å². The van der Waals surface area contributed by atoms with Crippen molar-refractivity contribution in [3.05, 3.63) is 36.5 Å². The molecule has 0 radical (unpaired) electrons. The number of carboxylic acids is 1. The molecule has 0 bridgehead atoms. The Balaban J connectivity index is 2.22. The van der Waals surface area contributed by atoms with Crippen molar-refractivity contribution in [2.24, 2.45) is 0 Å². The molecule has 3 heteroatoms. The van der Waals surface area contributed by atoms with E-state index in [1.807, 2.05) is 0 Å². The minimum Gasteiger partial charge on any atom is -0.481 e. The second-order valence-electron chi connectivity index (χ2n) is 6.09. The summed E-state index contributed by atoms with van der Waals surface area (Å²) in [5, 5.41) is 8.59. The maximum Gasteiger partial charge on any atom is 0.303 e. The van der Waals surface area contributed by atoms with Crippen molar-refractivity contribution in [1.29, 1.82) is 0 Å². The Morgan fingerprint density at radius 1 is 1.09 bits per heavy atom. The van der Waals surface area contributed by atoms with Crippen LogP contribution in [-0.2, 0) is 9.53 Å². The highest BCUT2D eigenvalue weighted by atomic mass is 16.5. The van der Waals surface area contributed by atoms with Gasteiger partial charge in [0.15, 0.2) is 0 Å². The zero-order valence-electron chi connectivity index (χ0n) is 14.3. The number of hydrogen-bond donors (Lipinski definition) is 1. The standard InChI is InChI=1S/C20H32O3/c21-20(22)17-13-9-6-8-12-16-19-15-11-7-4-2-1-3-5-10-14-18-23-19/h1,3-4,7-8,12,19H,2,5-6,9-11,13-18H2,(H,21,22)/b3-1-,7-4-,12-8?. The summed E-state index contributed by atoms with van der Waals surface area (Å²) in [6, 6.07) is 0. The molecule has 0 aliphatic carbocycles. The molecular formula is C20H32O3. The van der Waals surface area contributed by atoms with E-state index >= 15 is 0 Å². The minimum atomic E-state index is -0.699. The number of ether oxygens (including phenoxy) is 1. The SMILES string of the molecule is O=C(O)CCCCC=CCC1CC/C=C\C/C=C\CCCCO1. The largest absolute Gasteiger partial charge is 0.481 e. The quantitative estimate of drug-likeness (QED) is 0.502. The minimum absolute atomic E-state index is 0.279. The van der Waals surface area contributed by atoms with Crippen LogP contribution in [0.15, 0.2) is 36.5 Å². The van der Waals surface area contributed by atoms with E-state index in [2.05, 4.69) is 36.5 Å². The van der Waals surface area contributed by atoms with E-state index in [1.54, 1.807) is 0 Å². The second-order valence-corrected chi connectivity index (χ2v) is 6.09. The molecule has 0 spiro atoms. The summed E-state index contributed by atoms with van der Waals surface area (Å²) in [7, 11) is 0. The van der Waals surface area contributed by atoms with Crippen LogP contribution in [0.5, 0.6) is 0 Å². The molecule has 1 atom stereocenters. The van der Waals surface area contributed by atoms with Crippen LogP contribution in [0.1, 0.15) is 70.6 Å². The summed E-state index contributed by atoms with van der Waals surface area (Å²) < 4.78 is 6.03. The molecule has 1 aliphatic rings. The zero-order valence-corrected chi connectivity index (χ0v) is 14.3. The van der Waals surface area contributed by atoms with Crippen LogP contribution in [0.2, 0.25) is 0 Å². The number of unbranched alkanes of at least 4 members (excludes halogenated alkanes) is 2. The van der Waals surface area contributed by atoms with Gasteiger partial charge in [-0.3, -0.25) is 4.79 Å². The van der Waals surface area contributed by atoms with Gasteiger partial charge in [0, 0.05) is 13.0 Å². The molecule has 130 valence electrons. The average Bonchev–Trinajstić information content (AvgIpc) is 2.55. The van der Waals surface area contributed by atoms with E-state index in [-0.39, 0.29) is 6.42 Å². The molecule has 0 aromatic rings. The van der Waals surface area contributed by atoms with Gasteiger partial charge in [0.2, 0.25) is 0 Å². The monoisotopic (exact) mass is 320 g/mol. The van der Waals surface area contributed by atoms with Gasteiger partial charge in [-0.2, -0.15) is 0 Å². The molecule has 0 amide bonds. The first-order valence-corrected chi connectivity index (χ1v) is 9.07. The molecule has 0 fully saturated rings. The van der Waals surface area contributed by atoms with Crippen LogP contribution in [0, 0.1) is 0 Å². The number of allylic oxidation sites excluding steroid dienone is 5. The molecule has 0 aromatic carbocycles. The third-order valence-corrected chi connectivity index (χ3v) is 3.96. The fourth-order valence-corrected chi connectivity index (χ4v) is 2.58. The lowest BCUT2D eigenvalue weighted by molar-refractivity contribution is -0.137. The Morgan fingerprint density at radius 3 is 2.74 bits per heavy atom. The maximum absolute atomic E-state index is 10.4. The molecule has 1 unspecified atom stereocenters. The number of aliphatic carboxylic acids is 1. The lowest BCUT2D eigenvalue weighted by atomic mass is 10.1. The Bertz CT molecular complexity index is 382. The molecule has 1 rings (SSSR count). The smallest absolute Gasteiger partial charge is 0.303 e. The molecule has 0 saturated heterocycles. The third kappa shape index (κ3) is 12.8. The number of carboxylic acid groups (broad SMARTS) is 1. The van der Waals surface area contributed by atoms with Crippen LogP contribution in [0.25, 0.3) is 0 Å². The summed E-state index contributed by atoms with van der Waals surface area (Å²) in [5.74, 6) is -0.699. The maximum atomic E-state index is 10.4. The normalized spacial score (nSPS) is 23.6. The summed E-state index contributed by atoms with van der Waals surface area (Å²) in [6.45, 7) is 0.856. The van der Waals surface area contributed by atoms with Crippen molar-refractivity contribution >= 4 is 5.97 Å². The predicted molar refractivity (Wildman–Crippen MR) is 95.6 cm³/mol. The summed E-state index contributed by atoms with van der Waals surface area (Å²) in [4.78, 5) is 10.4. The van der Waals surface area contributed by atoms with Crippen molar-refractivity contribution in [2.75, 3.05) is 6.61 Å². The fourth-order valence-electron chi connectivity index (χ4n) is 2.58. The second kappa shape index (κ2) is 14.3. The van der Waals surface area contributed by atoms with Crippen LogP contribution >= 0.6 is 0 Å². The molecular weight excluding hydrogens is 288 g/mol. The van der Waals surface area contributed by atoms with E-state index < -0.39 is 5.97 Å². The molecule has 1 heterocycles. The first-order chi connectivity index (χ1) is 11.3. The number of carbonyl (C=O) groups is 1. The lowest BCUT2D eigenvalue weighted by Crippen LogP contribution is -2.12. The molecule has 1 N–H and O–H groups in total. The highest BCUT2D eigenvalue weighted by Gasteiger charge is 2.06. The average molecular weight is 320 g/mol. The fraction of sp³-hybridized carbons (Fsp3) is 0.650. The highest BCUT2D eigenvalue weighted by Crippen LogP contribution is 2.12. The van der Waals surface area contributed by atoms with Gasteiger partial charge in [-0.15, -0.1) is 0 Å². The van der Waals surface area contributed by atoms with E-state index in [0.717, 1.165) is 64.4 Å². The van der Waals surface area contributed by atoms with E-state index in [1.165, 1.54) is 6.42 Å². The van der Waals surface area contributed by atoms with Crippen molar-refractivity contribution in [2.45, 2.75) is 76.7 Å². The Hall–Kier alpha value is -1.35. The van der Waals surface area contributed by atoms with Crippen LogP contribution < -0.4 is 0 Å². The predicted octanol–water partition coefficient (Wildman–Crippen LogP) is 5.43.